The first-order valence-corrected chi connectivity index (χ1v) is 9.77. The van der Waals surface area contributed by atoms with Crippen LogP contribution in [0.5, 0.6) is 0 Å². The minimum absolute atomic E-state index is 0.0975. The number of hydrogen-bond acceptors (Lipinski definition) is 5. The van der Waals surface area contributed by atoms with Gasteiger partial charge in [0, 0.05) is 6.54 Å². The highest BCUT2D eigenvalue weighted by molar-refractivity contribution is 7.91. The van der Waals surface area contributed by atoms with Crippen LogP contribution in [0.3, 0.4) is 0 Å². The van der Waals surface area contributed by atoms with Gasteiger partial charge < -0.3 is 0 Å². The lowest BCUT2D eigenvalue weighted by molar-refractivity contribution is 0.580. The zero-order valence-electron chi connectivity index (χ0n) is 11.8. The first-order chi connectivity index (χ1) is 10.3. The van der Waals surface area contributed by atoms with Crippen molar-refractivity contribution in [1.29, 1.82) is 0 Å². The van der Waals surface area contributed by atoms with E-state index in [1.165, 1.54) is 6.20 Å². The Hall–Kier alpha value is -1.71. The monoisotopic (exact) mass is 341 g/mol. The maximum Gasteiger partial charge on any atom is 0.244 e. The van der Waals surface area contributed by atoms with E-state index < -0.39 is 19.9 Å². The minimum Gasteiger partial charge on any atom is -0.281 e. The van der Waals surface area contributed by atoms with Gasteiger partial charge in [-0.2, -0.15) is 5.10 Å². The van der Waals surface area contributed by atoms with E-state index in [0.717, 1.165) is 11.1 Å². The van der Waals surface area contributed by atoms with Gasteiger partial charge in [-0.3, -0.25) is 5.10 Å². The van der Waals surface area contributed by atoms with E-state index in [4.69, 9.17) is 0 Å². The number of sulfone groups is 1. The molecule has 22 heavy (non-hydrogen) atoms. The molecular formula is C13H15N3O4S2. The Morgan fingerprint density at radius 1 is 1.36 bits per heavy atom. The van der Waals surface area contributed by atoms with Crippen LogP contribution in [0.2, 0.25) is 0 Å². The van der Waals surface area contributed by atoms with Crippen molar-refractivity contribution in [3.05, 3.63) is 41.2 Å². The second-order valence-electron chi connectivity index (χ2n) is 5.19. The number of rotatable bonds is 4. The summed E-state index contributed by atoms with van der Waals surface area (Å²) in [5.74, 6) is 0.117. The molecule has 0 bridgehead atoms. The molecule has 7 nitrogen and oxygen atoms in total. The second-order valence-corrected chi connectivity index (χ2v) is 9.01. The molecule has 2 aromatic rings. The van der Waals surface area contributed by atoms with Gasteiger partial charge in [-0.1, -0.05) is 12.1 Å². The lowest BCUT2D eigenvalue weighted by Gasteiger charge is -2.07. The highest BCUT2D eigenvalue weighted by Gasteiger charge is 2.26. The van der Waals surface area contributed by atoms with Crippen molar-refractivity contribution in [3.8, 4) is 0 Å². The van der Waals surface area contributed by atoms with Crippen LogP contribution in [-0.2, 0) is 32.8 Å². The Morgan fingerprint density at radius 2 is 2.14 bits per heavy atom. The lowest BCUT2D eigenvalue weighted by Crippen LogP contribution is -2.23. The largest absolute Gasteiger partial charge is 0.281 e. The van der Waals surface area contributed by atoms with E-state index in [2.05, 4.69) is 14.9 Å². The summed E-state index contributed by atoms with van der Waals surface area (Å²) < 4.78 is 50.3. The zero-order chi connectivity index (χ0) is 16.0. The average molecular weight is 341 g/mol. The van der Waals surface area contributed by atoms with Gasteiger partial charge in [-0.05, 0) is 30.5 Å². The van der Waals surface area contributed by atoms with E-state index in [-0.39, 0.29) is 17.2 Å². The molecule has 0 fully saturated rings. The fourth-order valence-electron chi connectivity index (χ4n) is 2.46. The third kappa shape index (κ3) is 2.67. The number of benzene rings is 1. The van der Waals surface area contributed by atoms with Crippen molar-refractivity contribution in [2.45, 2.75) is 29.7 Å². The van der Waals surface area contributed by atoms with Crippen LogP contribution in [0.4, 0.5) is 0 Å². The van der Waals surface area contributed by atoms with Crippen molar-refractivity contribution in [3.63, 3.8) is 0 Å². The summed E-state index contributed by atoms with van der Waals surface area (Å²) in [6.07, 6.45) is 1.73. The number of nitrogens with zero attached hydrogens (tertiary/aromatic N) is 1. The summed E-state index contributed by atoms with van der Waals surface area (Å²) in [7, 11) is -6.80. The van der Waals surface area contributed by atoms with Gasteiger partial charge in [0.25, 0.3) is 0 Å². The second kappa shape index (κ2) is 5.18. The molecule has 1 aromatic carbocycles. The molecule has 9 heteroatoms. The number of H-pyrrole nitrogens is 1. The van der Waals surface area contributed by atoms with Crippen LogP contribution in [0.15, 0.2) is 34.2 Å². The molecule has 0 spiro atoms. The van der Waals surface area contributed by atoms with E-state index in [9.17, 15) is 16.8 Å². The molecule has 1 aromatic heterocycles. The Kier molecular flexibility index (Phi) is 3.58. The summed E-state index contributed by atoms with van der Waals surface area (Å²) in [6.45, 7) is 1.72. The van der Waals surface area contributed by atoms with E-state index >= 15 is 0 Å². The maximum absolute atomic E-state index is 12.2. The van der Waals surface area contributed by atoms with Crippen molar-refractivity contribution >= 4 is 19.9 Å². The van der Waals surface area contributed by atoms with Gasteiger partial charge in [0.1, 0.15) is 4.90 Å². The van der Waals surface area contributed by atoms with E-state index in [1.807, 2.05) is 0 Å². The van der Waals surface area contributed by atoms with E-state index in [0.29, 0.717) is 17.0 Å². The summed E-state index contributed by atoms with van der Waals surface area (Å²) in [6, 6.07) is 4.92. The number of aryl methyl sites for hydroxylation is 2. The SMILES string of the molecule is Cc1[nH]ncc1S(=O)(=O)NCc1ccc2c(c1)CCS2(=O)=O. The highest BCUT2D eigenvalue weighted by Crippen LogP contribution is 2.26. The van der Waals surface area contributed by atoms with Gasteiger partial charge in [0.05, 0.1) is 22.5 Å². The Balaban J connectivity index is 1.80. The third-order valence-corrected chi connectivity index (χ3v) is 6.96. The first kappa shape index (κ1) is 15.2. The van der Waals surface area contributed by atoms with Crippen molar-refractivity contribution < 1.29 is 16.8 Å². The molecule has 118 valence electrons. The molecule has 1 aliphatic rings. The normalized spacial score (nSPS) is 16.6. The fraction of sp³-hybridized carbons (Fsp3) is 0.308. The smallest absolute Gasteiger partial charge is 0.244 e. The van der Waals surface area contributed by atoms with Gasteiger partial charge in [-0.25, -0.2) is 21.6 Å². The van der Waals surface area contributed by atoms with Crippen molar-refractivity contribution in [2.24, 2.45) is 0 Å². The standard InChI is InChI=1S/C13H15N3O4S2/c1-9-13(8-14-16-9)22(19,20)15-7-10-2-3-12-11(6-10)4-5-21(12,17)18/h2-3,6,8,15H,4-5,7H2,1H3,(H,14,16). The molecule has 0 saturated carbocycles. The van der Waals surface area contributed by atoms with Crippen LogP contribution in [0.25, 0.3) is 0 Å². The fourth-order valence-corrected chi connectivity index (χ4v) is 5.16. The van der Waals surface area contributed by atoms with Crippen molar-refractivity contribution in [1.82, 2.24) is 14.9 Å². The van der Waals surface area contributed by atoms with Gasteiger partial charge in [0.2, 0.25) is 10.0 Å². The number of fused-ring (bicyclic) bond motifs is 1. The molecule has 2 heterocycles. The number of aromatic nitrogens is 2. The van der Waals surface area contributed by atoms with Crippen LogP contribution in [-0.4, -0.2) is 32.8 Å². The molecule has 0 atom stereocenters. The molecule has 0 unspecified atom stereocenters. The van der Waals surface area contributed by atoms with Gasteiger partial charge in [-0.15, -0.1) is 0 Å². The summed E-state index contributed by atoms with van der Waals surface area (Å²) in [5, 5.41) is 6.28. The molecule has 1 aliphatic heterocycles. The molecule has 2 N–H and O–H groups in total. The number of nitrogens with one attached hydrogen (secondary N) is 2. The predicted molar refractivity (Wildman–Crippen MR) is 79.5 cm³/mol. The Morgan fingerprint density at radius 3 is 2.82 bits per heavy atom. The summed E-state index contributed by atoms with van der Waals surface area (Å²) in [5.41, 5.74) is 1.93. The molecule has 0 saturated heterocycles. The first-order valence-electron chi connectivity index (χ1n) is 6.64. The van der Waals surface area contributed by atoms with Crippen LogP contribution in [0.1, 0.15) is 16.8 Å². The molecule has 0 radical (unpaired) electrons. The maximum atomic E-state index is 12.2. The Labute approximate surface area is 128 Å². The lowest BCUT2D eigenvalue weighted by atomic mass is 10.1. The molecular weight excluding hydrogens is 326 g/mol. The van der Waals surface area contributed by atoms with Crippen LogP contribution < -0.4 is 4.72 Å². The topological polar surface area (TPSA) is 109 Å². The predicted octanol–water partition coefficient (Wildman–Crippen LogP) is 0.526. The minimum atomic E-state index is -3.64. The van der Waals surface area contributed by atoms with Gasteiger partial charge in [0.15, 0.2) is 9.84 Å². The average Bonchev–Trinajstić information content (AvgIpc) is 3.01. The third-order valence-electron chi connectivity index (χ3n) is 3.64. The summed E-state index contributed by atoms with van der Waals surface area (Å²) in [4.78, 5) is 0.459. The van der Waals surface area contributed by atoms with Crippen molar-refractivity contribution in [2.75, 3.05) is 5.75 Å². The zero-order valence-corrected chi connectivity index (χ0v) is 13.5. The Bertz CT molecular complexity index is 930. The number of aromatic amines is 1. The highest BCUT2D eigenvalue weighted by atomic mass is 32.2. The molecule has 3 rings (SSSR count). The van der Waals surface area contributed by atoms with Gasteiger partial charge >= 0.3 is 0 Å². The molecule has 0 aliphatic carbocycles. The molecule has 0 amide bonds. The van der Waals surface area contributed by atoms with Crippen LogP contribution >= 0.6 is 0 Å². The van der Waals surface area contributed by atoms with E-state index in [1.54, 1.807) is 25.1 Å². The summed E-state index contributed by atoms with van der Waals surface area (Å²) >= 11 is 0. The quantitative estimate of drug-likeness (QED) is 0.843. The number of hydrogen-bond donors (Lipinski definition) is 2. The number of sulfonamides is 1. The van der Waals surface area contributed by atoms with Crippen LogP contribution in [0, 0.1) is 6.92 Å².